The minimum Gasteiger partial charge on any atom is -0.495 e. The number of ether oxygens (including phenoxy) is 1. The highest BCUT2D eigenvalue weighted by Gasteiger charge is 2.09. The normalized spacial score (nSPS) is 13.3. The molecule has 1 aromatic rings. The van der Waals surface area contributed by atoms with E-state index in [0.717, 1.165) is 11.4 Å². The zero-order valence-corrected chi connectivity index (χ0v) is 8.77. The SMILES string of the molecule is COc1ccccc1NC(C)C(N)=NO. The molecule has 1 atom stereocenters. The summed E-state index contributed by atoms with van der Waals surface area (Å²) in [5, 5.41) is 14.5. The Morgan fingerprint density at radius 3 is 2.80 bits per heavy atom. The summed E-state index contributed by atoms with van der Waals surface area (Å²) in [4.78, 5) is 0. The number of amidine groups is 1. The van der Waals surface area contributed by atoms with Crippen molar-refractivity contribution in [2.45, 2.75) is 13.0 Å². The van der Waals surface area contributed by atoms with Crippen molar-refractivity contribution in [3.05, 3.63) is 24.3 Å². The molecule has 0 radical (unpaired) electrons. The smallest absolute Gasteiger partial charge is 0.161 e. The lowest BCUT2D eigenvalue weighted by molar-refractivity contribution is 0.316. The summed E-state index contributed by atoms with van der Waals surface area (Å²) in [6.07, 6.45) is 0. The molecule has 0 bridgehead atoms. The summed E-state index contributed by atoms with van der Waals surface area (Å²) in [6.45, 7) is 1.79. The first-order valence-corrected chi connectivity index (χ1v) is 4.56. The Hall–Kier alpha value is -1.91. The topological polar surface area (TPSA) is 79.9 Å². The van der Waals surface area contributed by atoms with Gasteiger partial charge in [0, 0.05) is 0 Å². The van der Waals surface area contributed by atoms with Crippen molar-refractivity contribution in [1.29, 1.82) is 0 Å². The number of benzene rings is 1. The molecule has 0 aliphatic rings. The van der Waals surface area contributed by atoms with E-state index in [1.54, 1.807) is 14.0 Å². The number of hydrogen-bond donors (Lipinski definition) is 3. The van der Waals surface area contributed by atoms with Gasteiger partial charge in [0.05, 0.1) is 18.8 Å². The van der Waals surface area contributed by atoms with Crippen LogP contribution in [0.2, 0.25) is 0 Å². The summed E-state index contributed by atoms with van der Waals surface area (Å²) in [5.41, 5.74) is 6.26. The van der Waals surface area contributed by atoms with Crippen LogP contribution in [0.5, 0.6) is 5.75 Å². The van der Waals surface area contributed by atoms with Crippen molar-refractivity contribution >= 4 is 11.5 Å². The summed E-state index contributed by atoms with van der Waals surface area (Å²) in [6, 6.07) is 7.19. The molecular weight excluding hydrogens is 194 g/mol. The average molecular weight is 209 g/mol. The third-order valence-corrected chi connectivity index (χ3v) is 2.04. The molecule has 1 rings (SSSR count). The van der Waals surface area contributed by atoms with Gasteiger partial charge in [0.1, 0.15) is 5.75 Å². The van der Waals surface area contributed by atoms with E-state index in [9.17, 15) is 0 Å². The molecule has 0 saturated carbocycles. The zero-order chi connectivity index (χ0) is 11.3. The summed E-state index contributed by atoms with van der Waals surface area (Å²) >= 11 is 0. The maximum atomic E-state index is 8.50. The van der Waals surface area contributed by atoms with E-state index >= 15 is 0 Å². The van der Waals surface area contributed by atoms with E-state index in [4.69, 9.17) is 15.7 Å². The second-order valence-corrected chi connectivity index (χ2v) is 3.09. The van der Waals surface area contributed by atoms with Crippen LogP contribution in [0.15, 0.2) is 29.4 Å². The van der Waals surface area contributed by atoms with Gasteiger partial charge in [0.15, 0.2) is 5.84 Å². The second kappa shape index (κ2) is 5.09. The Balaban J connectivity index is 2.80. The van der Waals surface area contributed by atoms with Crippen LogP contribution in [0.4, 0.5) is 5.69 Å². The first kappa shape index (κ1) is 11.2. The molecule has 0 amide bonds. The molecule has 1 aromatic carbocycles. The quantitative estimate of drug-likeness (QED) is 0.302. The van der Waals surface area contributed by atoms with Crippen LogP contribution in [-0.2, 0) is 0 Å². The number of anilines is 1. The summed E-state index contributed by atoms with van der Waals surface area (Å²) < 4.78 is 5.15. The third-order valence-electron chi connectivity index (χ3n) is 2.04. The minimum absolute atomic E-state index is 0.126. The predicted octanol–water partition coefficient (Wildman–Crippen LogP) is 1.24. The number of rotatable bonds is 4. The molecule has 4 N–H and O–H groups in total. The lowest BCUT2D eigenvalue weighted by atomic mass is 10.2. The maximum Gasteiger partial charge on any atom is 0.161 e. The second-order valence-electron chi connectivity index (χ2n) is 3.09. The Kier molecular flexibility index (Phi) is 3.79. The number of nitrogens with two attached hydrogens (primary N) is 1. The predicted molar refractivity (Wildman–Crippen MR) is 59.5 cm³/mol. The van der Waals surface area contributed by atoms with Gasteiger partial charge in [-0.3, -0.25) is 0 Å². The maximum absolute atomic E-state index is 8.50. The Morgan fingerprint density at radius 2 is 2.20 bits per heavy atom. The molecule has 82 valence electrons. The highest BCUT2D eigenvalue weighted by Crippen LogP contribution is 2.23. The van der Waals surface area contributed by atoms with Crippen molar-refractivity contribution in [3.63, 3.8) is 0 Å². The van der Waals surface area contributed by atoms with Gasteiger partial charge in [-0.05, 0) is 19.1 Å². The number of hydrogen-bond acceptors (Lipinski definition) is 4. The number of nitrogens with zero attached hydrogens (tertiary/aromatic N) is 1. The average Bonchev–Trinajstić information content (AvgIpc) is 2.28. The molecule has 1 unspecified atom stereocenters. The number of oxime groups is 1. The van der Waals surface area contributed by atoms with E-state index in [2.05, 4.69) is 10.5 Å². The molecule has 0 aliphatic heterocycles. The van der Waals surface area contributed by atoms with E-state index in [-0.39, 0.29) is 11.9 Å². The van der Waals surface area contributed by atoms with Crippen LogP contribution in [0.25, 0.3) is 0 Å². The fraction of sp³-hybridized carbons (Fsp3) is 0.300. The van der Waals surface area contributed by atoms with Crippen LogP contribution in [-0.4, -0.2) is 24.2 Å². The van der Waals surface area contributed by atoms with Gasteiger partial charge >= 0.3 is 0 Å². The number of methoxy groups -OCH3 is 1. The van der Waals surface area contributed by atoms with Crippen molar-refractivity contribution in [1.82, 2.24) is 0 Å². The molecule has 0 saturated heterocycles. The molecule has 0 spiro atoms. The van der Waals surface area contributed by atoms with Gasteiger partial charge in [-0.2, -0.15) is 0 Å². The van der Waals surface area contributed by atoms with Gasteiger partial charge < -0.3 is 21.0 Å². The fourth-order valence-electron chi connectivity index (χ4n) is 1.16. The Morgan fingerprint density at radius 1 is 1.53 bits per heavy atom. The molecule has 0 heterocycles. The van der Waals surface area contributed by atoms with Gasteiger partial charge in [-0.1, -0.05) is 17.3 Å². The zero-order valence-electron chi connectivity index (χ0n) is 8.77. The van der Waals surface area contributed by atoms with Crippen LogP contribution < -0.4 is 15.8 Å². The third kappa shape index (κ3) is 2.77. The van der Waals surface area contributed by atoms with Gasteiger partial charge in [-0.25, -0.2) is 0 Å². The largest absolute Gasteiger partial charge is 0.495 e. The summed E-state index contributed by atoms with van der Waals surface area (Å²) in [5.74, 6) is 0.844. The molecule has 0 aromatic heterocycles. The highest BCUT2D eigenvalue weighted by molar-refractivity contribution is 5.87. The minimum atomic E-state index is -0.258. The van der Waals surface area contributed by atoms with Crippen molar-refractivity contribution < 1.29 is 9.94 Å². The van der Waals surface area contributed by atoms with Gasteiger partial charge in [0.2, 0.25) is 0 Å². The standard InChI is InChI=1S/C10H15N3O2/c1-7(10(11)13-14)12-8-5-3-4-6-9(8)15-2/h3-7,12,14H,1-2H3,(H2,11,13). The van der Waals surface area contributed by atoms with E-state index in [1.807, 2.05) is 24.3 Å². The first-order valence-electron chi connectivity index (χ1n) is 4.56. The Bertz CT molecular complexity index is 352. The number of nitrogens with one attached hydrogen (secondary N) is 1. The van der Waals surface area contributed by atoms with Gasteiger partial charge in [-0.15, -0.1) is 0 Å². The Labute approximate surface area is 88.5 Å². The van der Waals surface area contributed by atoms with Crippen LogP contribution >= 0.6 is 0 Å². The molecule has 15 heavy (non-hydrogen) atoms. The molecule has 0 aliphatic carbocycles. The van der Waals surface area contributed by atoms with Crippen LogP contribution in [0, 0.1) is 0 Å². The van der Waals surface area contributed by atoms with E-state index in [1.165, 1.54) is 0 Å². The molecule has 0 fully saturated rings. The number of para-hydroxylation sites is 2. The first-order chi connectivity index (χ1) is 7.19. The van der Waals surface area contributed by atoms with E-state index < -0.39 is 0 Å². The van der Waals surface area contributed by atoms with E-state index in [0.29, 0.717) is 0 Å². The lowest BCUT2D eigenvalue weighted by Crippen LogP contribution is -2.32. The van der Waals surface area contributed by atoms with Crippen LogP contribution in [0.3, 0.4) is 0 Å². The summed E-state index contributed by atoms with van der Waals surface area (Å²) in [7, 11) is 1.59. The lowest BCUT2D eigenvalue weighted by Gasteiger charge is -2.15. The van der Waals surface area contributed by atoms with Crippen LogP contribution in [0.1, 0.15) is 6.92 Å². The molecule has 5 nitrogen and oxygen atoms in total. The highest BCUT2D eigenvalue weighted by atomic mass is 16.5. The van der Waals surface area contributed by atoms with Gasteiger partial charge in [0.25, 0.3) is 0 Å². The molecular formula is C10H15N3O2. The monoisotopic (exact) mass is 209 g/mol. The van der Waals surface area contributed by atoms with Crippen molar-refractivity contribution in [2.24, 2.45) is 10.9 Å². The van der Waals surface area contributed by atoms with Crippen molar-refractivity contribution in [2.75, 3.05) is 12.4 Å². The van der Waals surface area contributed by atoms with Crippen molar-refractivity contribution in [3.8, 4) is 5.75 Å². The molecule has 5 heteroatoms. The fourth-order valence-corrected chi connectivity index (χ4v) is 1.16.